The minimum atomic E-state index is -0.0686. The highest BCUT2D eigenvalue weighted by atomic mass is 35.5. The number of rotatable bonds is 2. The van der Waals surface area contributed by atoms with Crippen molar-refractivity contribution in [2.24, 2.45) is 11.8 Å². The maximum absolute atomic E-state index is 6.70. The molecule has 2 aliphatic carbocycles. The topological polar surface area (TPSA) is 21.3 Å². The van der Waals surface area contributed by atoms with Gasteiger partial charge in [-0.15, -0.1) is 11.3 Å². The van der Waals surface area contributed by atoms with Gasteiger partial charge in [-0.25, -0.2) is 0 Å². The Balaban J connectivity index is 1.46. The van der Waals surface area contributed by atoms with Crippen LogP contribution in [0, 0.1) is 11.8 Å². The lowest BCUT2D eigenvalue weighted by atomic mass is 9.69. The fraction of sp³-hybridized carbons (Fsp3) is 0.826. The molecule has 5 rings (SSSR count). The molecular formula is C23H34ClNOS. The molecule has 2 atom stereocenters. The van der Waals surface area contributed by atoms with E-state index in [0.717, 1.165) is 42.0 Å². The second kappa shape index (κ2) is 7.97. The van der Waals surface area contributed by atoms with Crippen molar-refractivity contribution in [2.75, 3.05) is 6.61 Å². The van der Waals surface area contributed by atoms with E-state index in [-0.39, 0.29) is 5.60 Å². The number of piperidine rings is 1. The Hall–Kier alpha value is -0.0900. The van der Waals surface area contributed by atoms with Crippen LogP contribution in [0.1, 0.15) is 87.5 Å². The molecule has 0 radical (unpaired) electrons. The van der Waals surface area contributed by atoms with Gasteiger partial charge < -0.3 is 10.1 Å². The third kappa shape index (κ3) is 3.74. The summed E-state index contributed by atoms with van der Waals surface area (Å²) in [5.41, 5.74) is 1.41. The maximum atomic E-state index is 6.70. The third-order valence-electron chi connectivity index (χ3n) is 7.91. The van der Waals surface area contributed by atoms with Gasteiger partial charge in [0.1, 0.15) is 5.60 Å². The lowest BCUT2D eigenvalue weighted by Crippen LogP contribution is -2.58. The molecule has 0 bridgehead atoms. The summed E-state index contributed by atoms with van der Waals surface area (Å²) in [6, 6.07) is 3.47. The zero-order chi connectivity index (χ0) is 18.3. The molecule has 0 amide bonds. The van der Waals surface area contributed by atoms with Crippen LogP contribution in [0.25, 0.3) is 0 Å². The van der Waals surface area contributed by atoms with Crippen LogP contribution in [0.5, 0.6) is 0 Å². The molecule has 27 heavy (non-hydrogen) atoms. The van der Waals surface area contributed by atoms with Crippen LogP contribution in [0.3, 0.4) is 0 Å². The number of nitrogens with one attached hydrogen (secondary N) is 1. The first-order valence-electron chi connectivity index (χ1n) is 11.4. The smallest absolute Gasteiger partial charge is 0.106 e. The van der Waals surface area contributed by atoms with Crippen LogP contribution >= 0.6 is 22.9 Å². The molecule has 1 aromatic rings. The van der Waals surface area contributed by atoms with Crippen LogP contribution in [0.15, 0.2) is 6.07 Å². The lowest BCUT2D eigenvalue weighted by Gasteiger charge is -2.51. The van der Waals surface area contributed by atoms with E-state index in [2.05, 4.69) is 11.4 Å². The first kappa shape index (κ1) is 18.9. The van der Waals surface area contributed by atoms with E-state index in [0.29, 0.717) is 12.1 Å². The minimum Gasteiger partial charge on any atom is -0.369 e. The van der Waals surface area contributed by atoms with Gasteiger partial charge in [0.05, 0.1) is 10.9 Å². The van der Waals surface area contributed by atoms with Gasteiger partial charge in [0.15, 0.2) is 0 Å². The molecule has 1 saturated heterocycles. The van der Waals surface area contributed by atoms with E-state index in [4.69, 9.17) is 16.3 Å². The molecule has 0 aromatic carbocycles. The molecule has 2 nitrogen and oxygen atoms in total. The molecule has 2 aliphatic heterocycles. The SMILES string of the molecule is Clc1cc2c(s1)C1(CC(C3CCCCC3)NC(C3CCCCC3)C1)OCC2. The molecule has 4 heteroatoms. The number of hydrogen-bond donors (Lipinski definition) is 1. The number of thiophene rings is 1. The van der Waals surface area contributed by atoms with E-state index < -0.39 is 0 Å². The molecule has 2 saturated carbocycles. The molecule has 150 valence electrons. The van der Waals surface area contributed by atoms with Crippen molar-refractivity contribution >= 4 is 22.9 Å². The van der Waals surface area contributed by atoms with Gasteiger partial charge in [-0.2, -0.15) is 0 Å². The lowest BCUT2D eigenvalue weighted by molar-refractivity contribution is -0.109. The number of hydrogen-bond acceptors (Lipinski definition) is 3. The highest BCUT2D eigenvalue weighted by molar-refractivity contribution is 7.16. The Labute approximate surface area is 173 Å². The summed E-state index contributed by atoms with van der Waals surface area (Å²) in [5, 5.41) is 4.19. The molecule has 4 aliphatic rings. The predicted octanol–water partition coefficient (Wildman–Crippen LogP) is 6.45. The quantitative estimate of drug-likeness (QED) is 0.608. The molecule has 1 spiro atoms. The van der Waals surface area contributed by atoms with Crippen LogP contribution in [-0.4, -0.2) is 18.7 Å². The molecule has 3 fully saturated rings. The van der Waals surface area contributed by atoms with Crippen molar-refractivity contribution in [2.45, 2.75) is 101 Å². The van der Waals surface area contributed by atoms with Gasteiger partial charge in [-0.05, 0) is 68.4 Å². The second-order valence-corrected chi connectivity index (χ2v) is 11.3. The molecule has 3 heterocycles. The van der Waals surface area contributed by atoms with Crippen molar-refractivity contribution < 1.29 is 4.74 Å². The van der Waals surface area contributed by atoms with Gasteiger partial charge in [-0.3, -0.25) is 0 Å². The maximum Gasteiger partial charge on any atom is 0.106 e. The first-order valence-corrected chi connectivity index (χ1v) is 12.6. The summed E-state index contributed by atoms with van der Waals surface area (Å²) in [6.07, 6.45) is 17.5. The van der Waals surface area contributed by atoms with Crippen molar-refractivity contribution in [1.29, 1.82) is 0 Å². The Morgan fingerprint density at radius 3 is 2.11 bits per heavy atom. The Bertz CT molecular complexity index is 621. The normalized spacial score (nSPS) is 36.0. The molecule has 1 N–H and O–H groups in total. The van der Waals surface area contributed by atoms with E-state index in [1.165, 1.54) is 74.6 Å². The van der Waals surface area contributed by atoms with E-state index in [9.17, 15) is 0 Å². The first-order chi connectivity index (χ1) is 13.2. The van der Waals surface area contributed by atoms with Gasteiger partial charge >= 0.3 is 0 Å². The van der Waals surface area contributed by atoms with Gasteiger partial charge in [-0.1, -0.05) is 50.1 Å². The van der Waals surface area contributed by atoms with E-state index in [1.807, 2.05) is 0 Å². The van der Waals surface area contributed by atoms with Crippen molar-refractivity contribution in [3.05, 3.63) is 20.8 Å². The summed E-state index contributed by atoms with van der Waals surface area (Å²) in [7, 11) is 0. The second-order valence-electron chi connectivity index (χ2n) is 9.58. The zero-order valence-electron chi connectivity index (χ0n) is 16.5. The summed E-state index contributed by atoms with van der Waals surface area (Å²) in [5.74, 6) is 1.68. The molecule has 2 unspecified atom stereocenters. The minimum absolute atomic E-state index is 0.0686. The van der Waals surface area contributed by atoms with E-state index in [1.54, 1.807) is 11.3 Å². The van der Waals surface area contributed by atoms with Crippen LogP contribution in [0.2, 0.25) is 4.34 Å². The number of halogens is 1. The van der Waals surface area contributed by atoms with Gasteiger partial charge in [0, 0.05) is 17.0 Å². The van der Waals surface area contributed by atoms with Crippen LogP contribution in [-0.2, 0) is 16.8 Å². The Morgan fingerprint density at radius 1 is 0.926 bits per heavy atom. The monoisotopic (exact) mass is 407 g/mol. The average molecular weight is 408 g/mol. The Morgan fingerprint density at radius 2 is 1.52 bits per heavy atom. The number of fused-ring (bicyclic) bond motifs is 2. The number of ether oxygens (including phenoxy) is 1. The fourth-order valence-electron chi connectivity index (χ4n) is 6.56. The standard InChI is InChI=1S/C23H34ClNOS/c24-21-13-18-11-12-26-23(22(18)27-21)14-19(16-7-3-1-4-8-16)25-20(15-23)17-9-5-2-6-10-17/h13,16-17,19-20,25H,1-12,14-15H2. The molecular weight excluding hydrogens is 374 g/mol. The van der Waals surface area contributed by atoms with Crippen LogP contribution in [0.4, 0.5) is 0 Å². The molecule has 1 aromatic heterocycles. The summed E-state index contributed by atoms with van der Waals surface area (Å²) in [6.45, 7) is 0.870. The van der Waals surface area contributed by atoms with Crippen molar-refractivity contribution in [1.82, 2.24) is 5.32 Å². The zero-order valence-corrected chi connectivity index (χ0v) is 18.1. The largest absolute Gasteiger partial charge is 0.369 e. The van der Waals surface area contributed by atoms with Crippen molar-refractivity contribution in [3.8, 4) is 0 Å². The van der Waals surface area contributed by atoms with Crippen molar-refractivity contribution in [3.63, 3.8) is 0 Å². The average Bonchev–Trinajstić information content (AvgIpc) is 3.11. The highest BCUT2D eigenvalue weighted by Gasteiger charge is 2.49. The Kier molecular flexibility index (Phi) is 5.58. The van der Waals surface area contributed by atoms with Crippen LogP contribution < -0.4 is 5.32 Å². The highest BCUT2D eigenvalue weighted by Crippen LogP contribution is 2.50. The van der Waals surface area contributed by atoms with E-state index >= 15 is 0 Å². The van der Waals surface area contributed by atoms with Gasteiger partial charge in [0.2, 0.25) is 0 Å². The summed E-state index contributed by atoms with van der Waals surface area (Å²) >= 11 is 8.28. The summed E-state index contributed by atoms with van der Waals surface area (Å²) < 4.78 is 7.65. The van der Waals surface area contributed by atoms with Gasteiger partial charge in [0.25, 0.3) is 0 Å². The summed E-state index contributed by atoms with van der Waals surface area (Å²) in [4.78, 5) is 1.47. The third-order valence-corrected chi connectivity index (χ3v) is 9.40. The predicted molar refractivity (Wildman–Crippen MR) is 114 cm³/mol. The fourth-order valence-corrected chi connectivity index (χ4v) is 8.02.